The summed E-state index contributed by atoms with van der Waals surface area (Å²) in [6, 6.07) is 1.82. The van der Waals surface area contributed by atoms with Gasteiger partial charge in [0.05, 0.1) is 6.04 Å². The fourth-order valence-electron chi connectivity index (χ4n) is 1.27. The fraction of sp³-hybridized carbons (Fsp3) is 0.583. The van der Waals surface area contributed by atoms with Gasteiger partial charge in [-0.25, -0.2) is 0 Å². The van der Waals surface area contributed by atoms with Crippen LogP contribution in [-0.2, 0) is 11.3 Å². The minimum atomic E-state index is -0.191. The molecule has 0 aliphatic rings. The summed E-state index contributed by atoms with van der Waals surface area (Å²) < 4.78 is 1.10. The standard InChI is InChI=1S/C12H19BrN2OS/c1-8(11(16)15-12(2,3)4)14-7-10-9(13)5-6-17-10/h5-6,8,14H,7H2,1-4H3,(H,15,16). The molecule has 0 aliphatic carbocycles. The summed E-state index contributed by atoms with van der Waals surface area (Å²) in [5.74, 6) is 0.0326. The van der Waals surface area contributed by atoms with Gasteiger partial charge in [0.1, 0.15) is 0 Å². The van der Waals surface area contributed by atoms with Crippen molar-refractivity contribution in [1.29, 1.82) is 0 Å². The Balaban J connectivity index is 2.42. The average Bonchev–Trinajstić information content (AvgIpc) is 2.57. The molecule has 1 unspecified atom stereocenters. The Kier molecular flexibility index (Phi) is 5.16. The summed E-state index contributed by atoms with van der Waals surface area (Å²) in [5, 5.41) is 8.20. The number of halogens is 1. The molecule has 2 N–H and O–H groups in total. The predicted molar refractivity (Wildman–Crippen MR) is 76.2 cm³/mol. The molecule has 1 aromatic rings. The third-order valence-electron chi connectivity index (χ3n) is 2.15. The number of carbonyl (C=O) groups is 1. The normalized spacial score (nSPS) is 13.5. The fourth-order valence-corrected chi connectivity index (χ4v) is 2.71. The first kappa shape index (κ1) is 14.7. The molecule has 1 heterocycles. The van der Waals surface area contributed by atoms with Crippen molar-refractivity contribution in [3.8, 4) is 0 Å². The van der Waals surface area contributed by atoms with E-state index in [-0.39, 0.29) is 17.5 Å². The van der Waals surface area contributed by atoms with Crippen molar-refractivity contribution in [3.63, 3.8) is 0 Å². The van der Waals surface area contributed by atoms with Crippen LogP contribution in [0.3, 0.4) is 0 Å². The molecule has 0 spiro atoms. The summed E-state index contributed by atoms with van der Waals surface area (Å²) >= 11 is 5.15. The number of hydrogen-bond donors (Lipinski definition) is 2. The molecule has 1 amide bonds. The molecule has 5 heteroatoms. The molecule has 0 saturated carbocycles. The number of amides is 1. The van der Waals surface area contributed by atoms with Crippen LogP contribution in [0.4, 0.5) is 0 Å². The molecule has 0 aromatic carbocycles. The molecule has 0 bridgehead atoms. The van der Waals surface area contributed by atoms with Crippen molar-refractivity contribution >= 4 is 33.2 Å². The Labute approximate surface area is 115 Å². The van der Waals surface area contributed by atoms with Gasteiger partial charge in [0.2, 0.25) is 5.91 Å². The smallest absolute Gasteiger partial charge is 0.237 e. The van der Waals surface area contributed by atoms with Crippen molar-refractivity contribution in [2.45, 2.75) is 45.8 Å². The number of hydrogen-bond acceptors (Lipinski definition) is 3. The minimum Gasteiger partial charge on any atom is -0.350 e. The molecule has 1 atom stereocenters. The Morgan fingerprint density at radius 3 is 2.65 bits per heavy atom. The van der Waals surface area contributed by atoms with E-state index in [0.717, 1.165) is 4.47 Å². The van der Waals surface area contributed by atoms with E-state index in [1.54, 1.807) is 11.3 Å². The molecule has 3 nitrogen and oxygen atoms in total. The molecule has 0 radical (unpaired) electrons. The number of carbonyl (C=O) groups excluding carboxylic acids is 1. The van der Waals surface area contributed by atoms with Crippen LogP contribution in [0.25, 0.3) is 0 Å². The van der Waals surface area contributed by atoms with E-state index in [9.17, 15) is 4.79 Å². The summed E-state index contributed by atoms with van der Waals surface area (Å²) in [6.07, 6.45) is 0. The van der Waals surface area contributed by atoms with E-state index < -0.39 is 0 Å². The highest BCUT2D eigenvalue weighted by molar-refractivity contribution is 9.10. The first-order valence-corrected chi connectivity index (χ1v) is 7.24. The largest absolute Gasteiger partial charge is 0.350 e. The highest BCUT2D eigenvalue weighted by Gasteiger charge is 2.18. The predicted octanol–water partition coefficient (Wildman–Crippen LogP) is 2.90. The van der Waals surface area contributed by atoms with Crippen molar-refractivity contribution in [2.75, 3.05) is 0 Å². The van der Waals surface area contributed by atoms with Gasteiger partial charge >= 0.3 is 0 Å². The molecule has 1 aromatic heterocycles. The lowest BCUT2D eigenvalue weighted by Gasteiger charge is -2.23. The van der Waals surface area contributed by atoms with Crippen molar-refractivity contribution in [1.82, 2.24) is 10.6 Å². The molecular weight excluding hydrogens is 300 g/mol. The molecule has 0 fully saturated rings. The number of rotatable bonds is 4. The SMILES string of the molecule is CC(NCc1sccc1Br)C(=O)NC(C)(C)C. The average molecular weight is 319 g/mol. The van der Waals surface area contributed by atoms with Crippen LogP contribution >= 0.6 is 27.3 Å². The number of thiophene rings is 1. The summed E-state index contributed by atoms with van der Waals surface area (Å²) in [6.45, 7) is 8.52. The van der Waals surface area contributed by atoms with Gasteiger partial charge in [-0.1, -0.05) is 0 Å². The molecule has 0 aliphatic heterocycles. The number of nitrogens with one attached hydrogen (secondary N) is 2. The van der Waals surface area contributed by atoms with Crippen LogP contribution in [0.5, 0.6) is 0 Å². The summed E-state index contributed by atoms with van der Waals surface area (Å²) in [5.41, 5.74) is -0.184. The molecular formula is C12H19BrN2OS. The van der Waals surface area contributed by atoms with Gasteiger partial charge in [-0.3, -0.25) is 4.79 Å². The van der Waals surface area contributed by atoms with Crippen LogP contribution in [0, 0.1) is 0 Å². The third-order valence-corrected chi connectivity index (χ3v) is 4.08. The molecule has 0 saturated heterocycles. The highest BCUT2D eigenvalue weighted by Crippen LogP contribution is 2.22. The van der Waals surface area contributed by atoms with Gasteiger partial charge in [-0.15, -0.1) is 11.3 Å². The van der Waals surface area contributed by atoms with Gasteiger partial charge < -0.3 is 10.6 Å². The first-order chi connectivity index (χ1) is 7.79. The van der Waals surface area contributed by atoms with E-state index >= 15 is 0 Å². The van der Waals surface area contributed by atoms with Crippen LogP contribution in [0.2, 0.25) is 0 Å². The molecule has 96 valence electrons. The maximum absolute atomic E-state index is 11.8. The van der Waals surface area contributed by atoms with Crippen LogP contribution in [-0.4, -0.2) is 17.5 Å². The van der Waals surface area contributed by atoms with Crippen LogP contribution in [0.1, 0.15) is 32.6 Å². The van der Waals surface area contributed by atoms with Crippen molar-refractivity contribution in [2.24, 2.45) is 0 Å². The molecule has 17 heavy (non-hydrogen) atoms. The van der Waals surface area contributed by atoms with Gasteiger partial charge in [-0.2, -0.15) is 0 Å². The Hall–Kier alpha value is -0.390. The Morgan fingerprint density at radius 1 is 1.53 bits per heavy atom. The van der Waals surface area contributed by atoms with Crippen LogP contribution < -0.4 is 10.6 Å². The second kappa shape index (κ2) is 5.98. The highest BCUT2D eigenvalue weighted by atomic mass is 79.9. The summed E-state index contributed by atoms with van der Waals surface area (Å²) in [4.78, 5) is 13.0. The molecule has 1 rings (SSSR count). The topological polar surface area (TPSA) is 41.1 Å². The van der Waals surface area contributed by atoms with Crippen LogP contribution in [0.15, 0.2) is 15.9 Å². The van der Waals surface area contributed by atoms with Gasteiger partial charge in [-0.05, 0) is 55.1 Å². The van der Waals surface area contributed by atoms with Crippen molar-refractivity contribution in [3.05, 3.63) is 20.8 Å². The second-order valence-electron chi connectivity index (χ2n) is 5.03. The lowest BCUT2D eigenvalue weighted by atomic mass is 10.1. The lowest BCUT2D eigenvalue weighted by molar-refractivity contribution is -0.124. The van der Waals surface area contributed by atoms with E-state index in [2.05, 4.69) is 26.6 Å². The zero-order chi connectivity index (χ0) is 13.1. The lowest BCUT2D eigenvalue weighted by Crippen LogP contribution is -2.49. The second-order valence-corrected chi connectivity index (χ2v) is 6.89. The monoisotopic (exact) mass is 318 g/mol. The zero-order valence-corrected chi connectivity index (χ0v) is 13.0. The van der Waals surface area contributed by atoms with E-state index in [4.69, 9.17) is 0 Å². The van der Waals surface area contributed by atoms with Gasteiger partial charge in [0.25, 0.3) is 0 Å². The van der Waals surface area contributed by atoms with Gasteiger partial charge in [0.15, 0.2) is 0 Å². The van der Waals surface area contributed by atoms with E-state index in [0.29, 0.717) is 6.54 Å². The van der Waals surface area contributed by atoms with E-state index in [1.165, 1.54) is 4.88 Å². The maximum atomic E-state index is 11.8. The Morgan fingerprint density at radius 2 is 2.18 bits per heavy atom. The van der Waals surface area contributed by atoms with E-state index in [1.807, 2.05) is 39.1 Å². The zero-order valence-electron chi connectivity index (χ0n) is 10.6. The van der Waals surface area contributed by atoms with Crippen molar-refractivity contribution < 1.29 is 4.79 Å². The quantitative estimate of drug-likeness (QED) is 0.896. The van der Waals surface area contributed by atoms with Gasteiger partial charge in [0, 0.05) is 21.4 Å². The third kappa shape index (κ3) is 5.19. The minimum absolute atomic E-state index is 0.0326. The summed E-state index contributed by atoms with van der Waals surface area (Å²) in [7, 11) is 0. The first-order valence-electron chi connectivity index (χ1n) is 5.57. The maximum Gasteiger partial charge on any atom is 0.237 e. The Bertz CT molecular complexity index is 384.